The highest BCUT2D eigenvalue weighted by Gasteiger charge is 2.47. The molecule has 1 saturated carbocycles. The monoisotopic (exact) mass is 244 g/mol. The maximum absolute atomic E-state index is 13.9. The topological polar surface area (TPSA) is 0 Å². The summed E-state index contributed by atoms with van der Waals surface area (Å²) in [5.41, 5.74) is 2.18. The number of hydrogen-bond donors (Lipinski definition) is 0. The fraction of sp³-hybridized carbons (Fsp3) is 0.250. The van der Waals surface area contributed by atoms with Crippen molar-refractivity contribution in [2.75, 3.05) is 0 Å². The second-order valence-corrected chi connectivity index (χ2v) is 4.84. The molecule has 0 unspecified atom stereocenters. The van der Waals surface area contributed by atoms with Gasteiger partial charge in [0.2, 0.25) is 0 Å². The Morgan fingerprint density at radius 2 is 1.33 bits per heavy atom. The summed E-state index contributed by atoms with van der Waals surface area (Å²) in [6.45, 7) is 0. The third-order valence-corrected chi connectivity index (χ3v) is 3.47. The van der Waals surface area contributed by atoms with Crippen LogP contribution in [0.15, 0.2) is 54.6 Å². The van der Waals surface area contributed by atoms with Gasteiger partial charge in [0.15, 0.2) is 0 Å². The Morgan fingerprint density at radius 3 is 1.89 bits per heavy atom. The van der Waals surface area contributed by atoms with Gasteiger partial charge in [-0.3, -0.25) is 0 Å². The number of rotatable bonds is 3. The molecular weight excluding hydrogens is 230 g/mol. The van der Waals surface area contributed by atoms with Crippen LogP contribution in [0.3, 0.4) is 0 Å². The summed E-state index contributed by atoms with van der Waals surface area (Å²) in [6.07, 6.45) is 1.29. The summed E-state index contributed by atoms with van der Waals surface area (Å²) in [5.74, 6) is -3.10. The summed E-state index contributed by atoms with van der Waals surface area (Å²) >= 11 is 0. The second kappa shape index (κ2) is 4.20. The molecule has 1 aliphatic carbocycles. The fourth-order valence-electron chi connectivity index (χ4n) is 2.20. The Labute approximate surface area is 105 Å². The van der Waals surface area contributed by atoms with E-state index in [-0.39, 0.29) is 5.56 Å². The third kappa shape index (κ3) is 2.03. The zero-order valence-electron chi connectivity index (χ0n) is 9.94. The molecule has 0 N–H and O–H groups in total. The molecule has 2 aromatic rings. The van der Waals surface area contributed by atoms with E-state index in [2.05, 4.69) is 0 Å². The standard InChI is InChI=1S/C16H14F2/c17-16(18,15-10-11-15)14-8-6-13(7-9-14)12-4-2-1-3-5-12/h1-9,15H,10-11H2. The maximum atomic E-state index is 13.9. The van der Waals surface area contributed by atoms with Gasteiger partial charge in [0.05, 0.1) is 0 Å². The molecule has 0 saturated heterocycles. The Hall–Kier alpha value is -1.70. The molecule has 0 bridgehead atoms. The zero-order chi connectivity index (χ0) is 12.6. The van der Waals surface area contributed by atoms with Gasteiger partial charge in [0, 0.05) is 11.5 Å². The van der Waals surface area contributed by atoms with Crippen LogP contribution in [0.25, 0.3) is 11.1 Å². The molecule has 1 aliphatic rings. The van der Waals surface area contributed by atoms with E-state index in [1.807, 2.05) is 30.3 Å². The normalized spacial score (nSPS) is 15.7. The lowest BCUT2D eigenvalue weighted by molar-refractivity contribution is -0.0285. The minimum Gasteiger partial charge on any atom is -0.201 e. The fourth-order valence-corrected chi connectivity index (χ4v) is 2.20. The van der Waals surface area contributed by atoms with Gasteiger partial charge in [-0.25, -0.2) is 8.78 Å². The molecular formula is C16H14F2. The molecule has 3 rings (SSSR count). The van der Waals surface area contributed by atoms with Gasteiger partial charge >= 0.3 is 0 Å². The van der Waals surface area contributed by atoms with Crippen molar-refractivity contribution < 1.29 is 8.78 Å². The summed E-state index contributed by atoms with van der Waals surface area (Å²) in [5, 5.41) is 0. The predicted molar refractivity (Wildman–Crippen MR) is 68.5 cm³/mol. The van der Waals surface area contributed by atoms with Crippen LogP contribution in [0.4, 0.5) is 8.78 Å². The van der Waals surface area contributed by atoms with Crippen LogP contribution in [0.5, 0.6) is 0 Å². The highest BCUT2D eigenvalue weighted by molar-refractivity contribution is 5.63. The Bertz CT molecular complexity index is 525. The molecule has 92 valence electrons. The van der Waals surface area contributed by atoms with E-state index in [0.717, 1.165) is 11.1 Å². The van der Waals surface area contributed by atoms with Gasteiger partial charge in [-0.15, -0.1) is 0 Å². The number of halogens is 2. The average molecular weight is 244 g/mol. The summed E-state index contributed by atoms with van der Waals surface area (Å²) in [7, 11) is 0. The minimum atomic E-state index is -2.66. The number of alkyl halides is 2. The van der Waals surface area contributed by atoms with Gasteiger partial charge in [-0.1, -0.05) is 54.6 Å². The van der Waals surface area contributed by atoms with Crippen LogP contribution in [-0.2, 0) is 5.92 Å². The Balaban J connectivity index is 1.90. The van der Waals surface area contributed by atoms with Crippen molar-refractivity contribution in [3.63, 3.8) is 0 Å². The van der Waals surface area contributed by atoms with Crippen LogP contribution in [-0.4, -0.2) is 0 Å². The third-order valence-electron chi connectivity index (χ3n) is 3.47. The molecule has 0 heterocycles. The summed E-state index contributed by atoms with van der Waals surface area (Å²) in [4.78, 5) is 0. The lowest BCUT2D eigenvalue weighted by Crippen LogP contribution is -2.15. The van der Waals surface area contributed by atoms with Gasteiger partial charge in [0.1, 0.15) is 0 Å². The molecule has 0 radical (unpaired) electrons. The van der Waals surface area contributed by atoms with E-state index in [1.54, 1.807) is 24.3 Å². The molecule has 0 amide bonds. The zero-order valence-corrected chi connectivity index (χ0v) is 9.94. The molecule has 2 heteroatoms. The lowest BCUT2D eigenvalue weighted by atomic mass is 9.99. The quantitative estimate of drug-likeness (QED) is 0.723. The van der Waals surface area contributed by atoms with E-state index >= 15 is 0 Å². The van der Waals surface area contributed by atoms with Gasteiger partial charge in [0.25, 0.3) is 5.92 Å². The average Bonchev–Trinajstić information content (AvgIpc) is 3.25. The van der Waals surface area contributed by atoms with Crippen molar-refractivity contribution in [2.24, 2.45) is 5.92 Å². The molecule has 2 aromatic carbocycles. The molecule has 0 spiro atoms. The molecule has 18 heavy (non-hydrogen) atoms. The molecule has 0 nitrogen and oxygen atoms in total. The SMILES string of the molecule is FC(F)(c1ccc(-c2ccccc2)cc1)C1CC1. The van der Waals surface area contributed by atoms with Crippen LogP contribution in [0.1, 0.15) is 18.4 Å². The second-order valence-electron chi connectivity index (χ2n) is 4.84. The molecule has 0 atom stereocenters. The first-order valence-electron chi connectivity index (χ1n) is 6.22. The number of hydrogen-bond acceptors (Lipinski definition) is 0. The Kier molecular flexibility index (Phi) is 2.66. The van der Waals surface area contributed by atoms with Crippen LogP contribution in [0, 0.1) is 5.92 Å². The minimum absolute atomic E-state index is 0.143. The first-order chi connectivity index (χ1) is 8.68. The van der Waals surface area contributed by atoms with E-state index in [0.29, 0.717) is 12.8 Å². The van der Waals surface area contributed by atoms with Crippen molar-refractivity contribution in [3.8, 4) is 11.1 Å². The summed E-state index contributed by atoms with van der Waals surface area (Å²) < 4.78 is 27.8. The first-order valence-corrected chi connectivity index (χ1v) is 6.22. The highest BCUT2D eigenvalue weighted by atomic mass is 19.3. The molecule has 0 aliphatic heterocycles. The predicted octanol–water partition coefficient (Wildman–Crippen LogP) is 4.86. The van der Waals surface area contributed by atoms with Crippen LogP contribution in [0.2, 0.25) is 0 Å². The van der Waals surface area contributed by atoms with E-state index in [4.69, 9.17) is 0 Å². The highest BCUT2D eigenvalue weighted by Crippen LogP contribution is 2.49. The van der Waals surface area contributed by atoms with Gasteiger partial charge in [-0.05, 0) is 24.0 Å². The van der Waals surface area contributed by atoms with Crippen LogP contribution >= 0.6 is 0 Å². The summed E-state index contributed by atoms with van der Waals surface area (Å²) in [6, 6.07) is 16.5. The van der Waals surface area contributed by atoms with Gasteiger partial charge < -0.3 is 0 Å². The maximum Gasteiger partial charge on any atom is 0.276 e. The van der Waals surface area contributed by atoms with Crippen molar-refractivity contribution >= 4 is 0 Å². The first kappa shape index (κ1) is 11.4. The largest absolute Gasteiger partial charge is 0.276 e. The van der Waals surface area contributed by atoms with Crippen molar-refractivity contribution in [3.05, 3.63) is 60.2 Å². The van der Waals surface area contributed by atoms with E-state index in [9.17, 15) is 8.78 Å². The smallest absolute Gasteiger partial charge is 0.201 e. The van der Waals surface area contributed by atoms with Crippen molar-refractivity contribution in [2.45, 2.75) is 18.8 Å². The van der Waals surface area contributed by atoms with Crippen molar-refractivity contribution in [1.29, 1.82) is 0 Å². The molecule has 1 fully saturated rings. The Morgan fingerprint density at radius 1 is 0.778 bits per heavy atom. The van der Waals surface area contributed by atoms with Crippen LogP contribution < -0.4 is 0 Å². The van der Waals surface area contributed by atoms with Crippen molar-refractivity contribution in [1.82, 2.24) is 0 Å². The van der Waals surface area contributed by atoms with E-state index in [1.165, 1.54) is 0 Å². The van der Waals surface area contributed by atoms with E-state index < -0.39 is 11.8 Å². The lowest BCUT2D eigenvalue weighted by Gasteiger charge is -2.16. The van der Waals surface area contributed by atoms with Gasteiger partial charge in [-0.2, -0.15) is 0 Å². The number of benzene rings is 2. The molecule has 0 aromatic heterocycles.